The second-order valence-corrected chi connectivity index (χ2v) is 7.20. The van der Waals surface area contributed by atoms with E-state index >= 15 is 0 Å². The lowest BCUT2D eigenvalue weighted by atomic mass is 9.74. The molecule has 0 saturated carbocycles. The van der Waals surface area contributed by atoms with Crippen molar-refractivity contribution < 1.29 is 4.79 Å². The maximum atomic E-state index is 13.4. The average Bonchev–Trinajstić information content (AvgIpc) is 3.11. The van der Waals surface area contributed by atoms with E-state index in [2.05, 4.69) is 37.3 Å². The van der Waals surface area contributed by atoms with Gasteiger partial charge in [0.1, 0.15) is 5.41 Å². The third kappa shape index (κ3) is 1.83. The van der Waals surface area contributed by atoms with E-state index in [9.17, 15) is 4.79 Å². The van der Waals surface area contributed by atoms with Crippen LogP contribution in [0.2, 0.25) is 0 Å². The molecule has 4 rings (SSSR count). The van der Waals surface area contributed by atoms with Gasteiger partial charge in [-0.15, -0.1) is 11.3 Å². The van der Waals surface area contributed by atoms with E-state index in [-0.39, 0.29) is 5.91 Å². The van der Waals surface area contributed by atoms with Crippen LogP contribution in [0.3, 0.4) is 0 Å². The summed E-state index contributed by atoms with van der Waals surface area (Å²) in [5.41, 5.74) is 2.36. The van der Waals surface area contributed by atoms with Crippen molar-refractivity contribution >= 4 is 22.9 Å². The first kappa shape index (κ1) is 14.2. The van der Waals surface area contributed by atoms with Crippen LogP contribution in [-0.2, 0) is 10.2 Å². The summed E-state index contributed by atoms with van der Waals surface area (Å²) in [6.45, 7) is 2.09. The molecule has 1 atom stereocenters. The number of amides is 1. The number of hydrogen-bond donors (Lipinski definition) is 0. The van der Waals surface area contributed by atoms with E-state index in [1.165, 1.54) is 4.88 Å². The summed E-state index contributed by atoms with van der Waals surface area (Å²) in [5, 5.41) is 0. The molecule has 0 fully saturated rings. The molecule has 0 bridgehead atoms. The van der Waals surface area contributed by atoms with Crippen molar-refractivity contribution in [1.82, 2.24) is 0 Å². The fourth-order valence-electron chi connectivity index (χ4n) is 3.54. The molecule has 3 aromatic rings. The fraction of sp³-hybridized carbons (Fsp3) is 0.150. The number of thiophene rings is 1. The summed E-state index contributed by atoms with van der Waals surface area (Å²) in [7, 11) is 1.87. The van der Waals surface area contributed by atoms with Crippen LogP contribution in [0.15, 0.2) is 66.7 Å². The van der Waals surface area contributed by atoms with Crippen LogP contribution in [0.5, 0.6) is 0 Å². The minimum atomic E-state index is -0.731. The molecule has 0 radical (unpaired) electrons. The van der Waals surface area contributed by atoms with Gasteiger partial charge in [0, 0.05) is 28.1 Å². The summed E-state index contributed by atoms with van der Waals surface area (Å²) >= 11 is 1.70. The van der Waals surface area contributed by atoms with E-state index in [1.54, 1.807) is 16.2 Å². The van der Waals surface area contributed by atoms with Crippen LogP contribution in [0.1, 0.15) is 20.9 Å². The zero-order chi connectivity index (χ0) is 16.0. The number of nitrogens with zero attached hydrogens (tertiary/aromatic N) is 1. The van der Waals surface area contributed by atoms with Crippen molar-refractivity contribution in [3.05, 3.63) is 87.6 Å². The number of likely N-dealkylation sites (N-methyl/N-ethyl adjacent to an activating group) is 1. The number of anilines is 1. The Hall–Kier alpha value is -2.39. The van der Waals surface area contributed by atoms with Gasteiger partial charge in [0.15, 0.2) is 0 Å². The predicted molar refractivity (Wildman–Crippen MR) is 95.2 cm³/mol. The Balaban J connectivity index is 2.11. The second kappa shape index (κ2) is 5.07. The van der Waals surface area contributed by atoms with Gasteiger partial charge < -0.3 is 4.90 Å². The van der Waals surface area contributed by atoms with E-state index in [4.69, 9.17) is 0 Å². The highest BCUT2D eigenvalue weighted by atomic mass is 32.1. The summed E-state index contributed by atoms with van der Waals surface area (Å²) in [6.07, 6.45) is 0. The Morgan fingerprint density at radius 2 is 1.61 bits per heavy atom. The van der Waals surface area contributed by atoms with E-state index < -0.39 is 5.41 Å². The minimum absolute atomic E-state index is 0.117. The standard InChI is InChI=1S/C20H17NOS/c1-14-12-13-18(23-14)20(15-8-4-3-5-9-15)16-10-6-7-11-17(16)21(2)19(20)22/h3-13H,1-2H3. The monoisotopic (exact) mass is 319 g/mol. The molecule has 1 aromatic heterocycles. The predicted octanol–water partition coefficient (Wildman–Crippen LogP) is 4.37. The van der Waals surface area contributed by atoms with Crippen LogP contribution in [0.25, 0.3) is 0 Å². The SMILES string of the molecule is Cc1ccc(C2(c3ccccc3)C(=O)N(C)c3ccccc32)s1. The number of aryl methyl sites for hydroxylation is 1. The van der Waals surface area contributed by atoms with Gasteiger partial charge >= 0.3 is 0 Å². The lowest BCUT2D eigenvalue weighted by Gasteiger charge is -2.28. The first-order valence-electron chi connectivity index (χ1n) is 7.66. The third-order valence-corrected chi connectivity index (χ3v) is 5.73. The minimum Gasteiger partial charge on any atom is -0.314 e. The van der Waals surface area contributed by atoms with Crippen molar-refractivity contribution in [3.8, 4) is 0 Å². The Labute approximate surface area is 140 Å². The highest BCUT2D eigenvalue weighted by Gasteiger charge is 2.52. The van der Waals surface area contributed by atoms with Gasteiger partial charge in [-0.25, -0.2) is 0 Å². The number of carbonyl (C=O) groups excluding carboxylic acids is 1. The van der Waals surface area contributed by atoms with Crippen LogP contribution in [0, 0.1) is 6.92 Å². The molecule has 0 aliphatic carbocycles. The number of hydrogen-bond acceptors (Lipinski definition) is 2. The number of fused-ring (bicyclic) bond motifs is 1. The molecule has 1 amide bonds. The maximum Gasteiger partial charge on any atom is 0.247 e. The molecule has 1 unspecified atom stereocenters. The van der Waals surface area contributed by atoms with Crippen molar-refractivity contribution in [2.45, 2.75) is 12.3 Å². The van der Waals surface area contributed by atoms with Gasteiger partial charge in [-0.2, -0.15) is 0 Å². The highest BCUT2D eigenvalue weighted by molar-refractivity contribution is 7.12. The Morgan fingerprint density at radius 3 is 2.30 bits per heavy atom. The maximum absolute atomic E-state index is 13.4. The van der Waals surface area contributed by atoms with Gasteiger partial charge in [-0.05, 0) is 30.7 Å². The fourth-order valence-corrected chi connectivity index (χ4v) is 4.63. The van der Waals surface area contributed by atoms with Gasteiger partial charge in [-0.3, -0.25) is 4.79 Å². The summed E-state index contributed by atoms with van der Waals surface area (Å²) in [6, 6.07) is 22.4. The van der Waals surface area contributed by atoms with Gasteiger partial charge in [0.05, 0.1) is 0 Å². The van der Waals surface area contributed by atoms with Crippen LogP contribution in [-0.4, -0.2) is 13.0 Å². The molecule has 0 spiro atoms. The van der Waals surface area contributed by atoms with E-state index in [1.807, 2.05) is 43.4 Å². The lowest BCUT2D eigenvalue weighted by molar-refractivity contribution is -0.120. The molecule has 0 N–H and O–H groups in total. The third-order valence-electron chi connectivity index (χ3n) is 4.61. The Morgan fingerprint density at radius 1 is 0.913 bits per heavy atom. The first-order chi connectivity index (χ1) is 11.2. The Bertz CT molecular complexity index is 883. The highest BCUT2D eigenvalue weighted by Crippen LogP contribution is 2.51. The molecule has 2 aromatic carbocycles. The molecule has 2 nitrogen and oxygen atoms in total. The van der Waals surface area contributed by atoms with Crippen molar-refractivity contribution in [2.75, 3.05) is 11.9 Å². The molecule has 1 aliphatic rings. The summed E-state index contributed by atoms with van der Waals surface area (Å²) in [4.78, 5) is 17.5. The van der Waals surface area contributed by atoms with E-state index in [0.29, 0.717) is 0 Å². The zero-order valence-corrected chi connectivity index (χ0v) is 13.9. The molecule has 114 valence electrons. The quantitative estimate of drug-likeness (QED) is 0.687. The molecular weight excluding hydrogens is 302 g/mol. The van der Waals surface area contributed by atoms with Crippen LogP contribution >= 0.6 is 11.3 Å². The molecule has 1 aliphatic heterocycles. The number of para-hydroxylation sites is 1. The number of carbonyl (C=O) groups is 1. The summed E-state index contributed by atoms with van der Waals surface area (Å²) in [5.74, 6) is 0.117. The van der Waals surface area contributed by atoms with Crippen LogP contribution < -0.4 is 4.90 Å². The topological polar surface area (TPSA) is 20.3 Å². The van der Waals surface area contributed by atoms with E-state index in [0.717, 1.165) is 21.7 Å². The number of benzene rings is 2. The second-order valence-electron chi connectivity index (χ2n) is 5.91. The van der Waals surface area contributed by atoms with Gasteiger partial charge in [0.2, 0.25) is 5.91 Å². The average molecular weight is 319 g/mol. The smallest absolute Gasteiger partial charge is 0.247 e. The molecule has 2 heterocycles. The van der Waals surface area contributed by atoms with Crippen LogP contribution in [0.4, 0.5) is 5.69 Å². The zero-order valence-electron chi connectivity index (χ0n) is 13.1. The van der Waals surface area contributed by atoms with Crippen molar-refractivity contribution in [2.24, 2.45) is 0 Å². The number of rotatable bonds is 2. The van der Waals surface area contributed by atoms with Gasteiger partial charge in [-0.1, -0.05) is 48.5 Å². The van der Waals surface area contributed by atoms with Crippen molar-refractivity contribution in [3.63, 3.8) is 0 Å². The molecular formula is C20H17NOS. The van der Waals surface area contributed by atoms with Gasteiger partial charge in [0.25, 0.3) is 0 Å². The van der Waals surface area contributed by atoms with Crippen molar-refractivity contribution in [1.29, 1.82) is 0 Å². The Kier molecular flexibility index (Phi) is 3.13. The molecule has 23 heavy (non-hydrogen) atoms. The molecule has 3 heteroatoms. The first-order valence-corrected chi connectivity index (χ1v) is 8.47. The largest absolute Gasteiger partial charge is 0.314 e. The normalized spacial score (nSPS) is 19.9. The molecule has 0 saturated heterocycles. The summed E-state index contributed by atoms with van der Waals surface area (Å²) < 4.78 is 0. The lowest BCUT2D eigenvalue weighted by Crippen LogP contribution is -2.40.